The quantitative estimate of drug-likeness (QED) is 0.732. The first-order valence-electron chi connectivity index (χ1n) is 4.95. The first-order chi connectivity index (χ1) is 8.75. The Bertz CT molecular complexity index is 646. The minimum absolute atomic E-state index is 0.0243. The van der Waals surface area contributed by atoms with Crippen molar-refractivity contribution in [3.8, 4) is 22.4 Å². The summed E-state index contributed by atoms with van der Waals surface area (Å²) in [6, 6.07) is 5.05. The van der Waals surface area contributed by atoms with Crippen LogP contribution in [0, 0.1) is 0 Å². The smallest absolute Gasteiger partial charge is 0.333 e. The Morgan fingerprint density at radius 3 is 2.78 bits per heavy atom. The maximum absolute atomic E-state index is 12.6. The molecule has 0 unspecified atom stereocenters. The molecule has 5 nitrogen and oxygen atoms in total. The first kappa shape index (κ1) is 11.0. The minimum Gasteiger partial charge on any atom is -0.414 e. The molecule has 3 aromatic rings. The lowest BCUT2D eigenvalue weighted by atomic mass is 10.4. The van der Waals surface area contributed by atoms with Gasteiger partial charge in [-0.25, -0.2) is 0 Å². The lowest BCUT2D eigenvalue weighted by molar-refractivity contribution is 0.0580. The highest BCUT2D eigenvalue weighted by Crippen LogP contribution is 2.28. The van der Waals surface area contributed by atoms with Crippen molar-refractivity contribution in [2.75, 3.05) is 0 Å². The van der Waals surface area contributed by atoms with E-state index in [2.05, 4.69) is 15.3 Å². The number of alkyl halides is 2. The standard InChI is InChI=1S/C10H6F2N4OS/c11-10(12)16-6(3-4-13-16)8-14-15-9(17-8)7-2-1-5-18-7/h1-5,10H. The van der Waals surface area contributed by atoms with Gasteiger partial charge in [0.05, 0.1) is 4.88 Å². The van der Waals surface area contributed by atoms with Gasteiger partial charge in [-0.1, -0.05) is 6.07 Å². The summed E-state index contributed by atoms with van der Waals surface area (Å²) in [5.74, 6) is 0.332. The summed E-state index contributed by atoms with van der Waals surface area (Å²) in [6.45, 7) is -2.74. The largest absolute Gasteiger partial charge is 0.414 e. The molecule has 0 aliphatic rings. The van der Waals surface area contributed by atoms with Gasteiger partial charge in [-0.2, -0.15) is 18.6 Å². The SMILES string of the molecule is FC(F)n1nccc1-c1nnc(-c2cccs2)o1. The summed E-state index contributed by atoms with van der Waals surface area (Å²) in [5.41, 5.74) is 0.0975. The topological polar surface area (TPSA) is 56.7 Å². The third-order valence-electron chi connectivity index (χ3n) is 2.23. The molecule has 0 fully saturated rings. The van der Waals surface area contributed by atoms with Crippen LogP contribution < -0.4 is 0 Å². The van der Waals surface area contributed by atoms with E-state index in [0.717, 1.165) is 4.88 Å². The Kier molecular flexibility index (Phi) is 2.63. The van der Waals surface area contributed by atoms with E-state index in [9.17, 15) is 8.78 Å². The first-order valence-corrected chi connectivity index (χ1v) is 5.83. The molecule has 92 valence electrons. The Hall–Kier alpha value is -2.09. The van der Waals surface area contributed by atoms with Crippen molar-refractivity contribution in [3.05, 3.63) is 29.8 Å². The fraction of sp³-hybridized carbons (Fsp3) is 0.100. The van der Waals surface area contributed by atoms with E-state index in [-0.39, 0.29) is 11.6 Å². The van der Waals surface area contributed by atoms with Crippen LogP contribution in [0.5, 0.6) is 0 Å². The average molecular weight is 268 g/mol. The maximum Gasteiger partial charge on any atom is 0.333 e. The van der Waals surface area contributed by atoms with Crippen molar-refractivity contribution in [1.82, 2.24) is 20.0 Å². The molecular weight excluding hydrogens is 262 g/mol. The second-order valence-electron chi connectivity index (χ2n) is 3.33. The highest BCUT2D eigenvalue weighted by molar-refractivity contribution is 7.13. The molecule has 18 heavy (non-hydrogen) atoms. The van der Waals surface area contributed by atoms with Crippen LogP contribution >= 0.6 is 11.3 Å². The molecule has 0 aromatic carbocycles. The molecular formula is C10H6F2N4OS. The number of rotatable bonds is 3. The van der Waals surface area contributed by atoms with Crippen LogP contribution in [0.1, 0.15) is 6.55 Å². The number of hydrogen-bond donors (Lipinski definition) is 0. The van der Waals surface area contributed by atoms with Gasteiger partial charge in [0.1, 0.15) is 5.69 Å². The summed E-state index contributed by atoms with van der Waals surface area (Å²) in [7, 11) is 0. The number of hydrogen-bond acceptors (Lipinski definition) is 5. The van der Waals surface area contributed by atoms with Gasteiger partial charge in [0, 0.05) is 6.20 Å². The lowest BCUT2D eigenvalue weighted by Crippen LogP contribution is -2.02. The summed E-state index contributed by atoms with van der Waals surface area (Å²) in [6.07, 6.45) is 1.26. The summed E-state index contributed by atoms with van der Waals surface area (Å²) in [5, 5.41) is 12.9. The fourth-order valence-electron chi connectivity index (χ4n) is 1.47. The van der Waals surface area contributed by atoms with Gasteiger partial charge in [-0.15, -0.1) is 21.5 Å². The number of nitrogens with zero attached hydrogens (tertiary/aromatic N) is 4. The molecule has 3 rings (SSSR count). The van der Waals surface area contributed by atoms with Gasteiger partial charge >= 0.3 is 6.55 Å². The molecule has 0 saturated carbocycles. The molecule has 0 aliphatic heterocycles. The monoisotopic (exact) mass is 268 g/mol. The van der Waals surface area contributed by atoms with Crippen LogP contribution in [-0.4, -0.2) is 20.0 Å². The molecule has 0 spiro atoms. The number of aromatic nitrogens is 4. The van der Waals surface area contributed by atoms with Gasteiger partial charge < -0.3 is 4.42 Å². The highest BCUT2D eigenvalue weighted by atomic mass is 32.1. The maximum atomic E-state index is 12.6. The molecule has 0 amide bonds. The Morgan fingerprint density at radius 1 is 1.22 bits per heavy atom. The molecule has 3 aromatic heterocycles. The predicted molar refractivity (Wildman–Crippen MR) is 60.1 cm³/mol. The van der Waals surface area contributed by atoms with Gasteiger partial charge in [0.2, 0.25) is 0 Å². The second kappa shape index (κ2) is 4.30. The Morgan fingerprint density at radius 2 is 2.06 bits per heavy atom. The van der Waals surface area contributed by atoms with Crippen molar-refractivity contribution in [1.29, 1.82) is 0 Å². The van der Waals surface area contributed by atoms with Crippen molar-refractivity contribution >= 4 is 11.3 Å². The molecule has 0 atom stereocenters. The molecule has 8 heteroatoms. The van der Waals surface area contributed by atoms with E-state index in [1.165, 1.54) is 23.6 Å². The average Bonchev–Trinajstić information content (AvgIpc) is 3.10. The Labute approximate surface area is 104 Å². The van der Waals surface area contributed by atoms with E-state index in [1.807, 2.05) is 17.5 Å². The van der Waals surface area contributed by atoms with Crippen LogP contribution in [0.2, 0.25) is 0 Å². The Balaban J connectivity index is 2.01. The zero-order valence-electron chi connectivity index (χ0n) is 8.83. The summed E-state index contributed by atoms with van der Waals surface area (Å²) >= 11 is 1.43. The van der Waals surface area contributed by atoms with Gasteiger partial charge in [-0.05, 0) is 17.5 Å². The van der Waals surface area contributed by atoms with Gasteiger partial charge in [-0.3, -0.25) is 0 Å². The van der Waals surface area contributed by atoms with E-state index in [0.29, 0.717) is 10.6 Å². The number of halogens is 2. The van der Waals surface area contributed by atoms with Crippen LogP contribution in [0.3, 0.4) is 0 Å². The van der Waals surface area contributed by atoms with E-state index < -0.39 is 6.55 Å². The number of thiophene rings is 1. The third-order valence-corrected chi connectivity index (χ3v) is 3.09. The molecule has 3 heterocycles. The van der Waals surface area contributed by atoms with Gasteiger partial charge in [0.15, 0.2) is 0 Å². The minimum atomic E-state index is -2.74. The predicted octanol–water partition coefficient (Wildman–Crippen LogP) is 3.06. The van der Waals surface area contributed by atoms with E-state index >= 15 is 0 Å². The van der Waals surface area contributed by atoms with Crippen LogP contribution in [0.15, 0.2) is 34.2 Å². The van der Waals surface area contributed by atoms with E-state index in [1.54, 1.807) is 0 Å². The molecule has 0 radical (unpaired) electrons. The summed E-state index contributed by atoms with van der Waals surface area (Å²) < 4.78 is 31.2. The summed E-state index contributed by atoms with van der Waals surface area (Å²) in [4.78, 5) is 0.789. The third kappa shape index (κ3) is 1.80. The van der Waals surface area contributed by atoms with Gasteiger partial charge in [0.25, 0.3) is 11.8 Å². The second-order valence-corrected chi connectivity index (χ2v) is 4.28. The van der Waals surface area contributed by atoms with Crippen LogP contribution in [0.4, 0.5) is 8.78 Å². The van der Waals surface area contributed by atoms with E-state index in [4.69, 9.17) is 4.42 Å². The molecule has 0 bridgehead atoms. The highest BCUT2D eigenvalue weighted by Gasteiger charge is 2.18. The normalized spacial score (nSPS) is 11.3. The molecule has 0 saturated heterocycles. The van der Waals surface area contributed by atoms with Crippen LogP contribution in [0.25, 0.3) is 22.4 Å². The zero-order chi connectivity index (χ0) is 12.5. The zero-order valence-corrected chi connectivity index (χ0v) is 9.64. The van der Waals surface area contributed by atoms with Crippen molar-refractivity contribution in [2.24, 2.45) is 0 Å². The molecule has 0 N–H and O–H groups in total. The fourth-order valence-corrected chi connectivity index (χ4v) is 2.11. The van der Waals surface area contributed by atoms with Crippen molar-refractivity contribution in [2.45, 2.75) is 6.55 Å². The lowest BCUT2D eigenvalue weighted by Gasteiger charge is -2.01. The van der Waals surface area contributed by atoms with Crippen molar-refractivity contribution in [3.63, 3.8) is 0 Å². The molecule has 0 aliphatic carbocycles. The van der Waals surface area contributed by atoms with Crippen molar-refractivity contribution < 1.29 is 13.2 Å². The van der Waals surface area contributed by atoms with Crippen LogP contribution in [-0.2, 0) is 0 Å².